The molecule has 0 saturated carbocycles. The first-order valence-electron chi connectivity index (χ1n) is 7.50. The summed E-state index contributed by atoms with van der Waals surface area (Å²) in [6.07, 6.45) is 5.38. The van der Waals surface area contributed by atoms with Gasteiger partial charge >= 0.3 is 0 Å². The third-order valence-corrected chi connectivity index (χ3v) is 6.47. The topological polar surface area (TPSA) is 29.3 Å². The van der Waals surface area contributed by atoms with Gasteiger partial charge in [0.05, 0.1) is 0 Å². The second kappa shape index (κ2) is 5.72. The minimum Gasteiger partial charge on any atom is -0.329 e. The number of rotatable bonds is 2. The minimum absolute atomic E-state index is 0.274. The normalized spacial score (nSPS) is 38.3. The molecule has 2 nitrogen and oxygen atoms in total. The van der Waals surface area contributed by atoms with Crippen molar-refractivity contribution in [1.82, 2.24) is 4.90 Å². The van der Waals surface area contributed by atoms with Crippen LogP contribution in [0, 0.1) is 11.3 Å². The molecule has 18 heavy (non-hydrogen) atoms. The van der Waals surface area contributed by atoms with Crippen LogP contribution in [0.1, 0.15) is 46.5 Å². The summed E-state index contributed by atoms with van der Waals surface area (Å²) in [7, 11) is 0. The second-order valence-corrected chi connectivity index (χ2v) is 8.27. The van der Waals surface area contributed by atoms with Gasteiger partial charge in [0.1, 0.15) is 0 Å². The van der Waals surface area contributed by atoms with Crippen LogP contribution in [-0.2, 0) is 0 Å². The molecule has 2 rings (SSSR count). The van der Waals surface area contributed by atoms with Gasteiger partial charge in [0, 0.05) is 17.8 Å². The summed E-state index contributed by atoms with van der Waals surface area (Å²) in [5.41, 5.74) is 6.94. The van der Waals surface area contributed by atoms with E-state index >= 15 is 0 Å². The smallest absolute Gasteiger partial charge is 0.0427 e. The molecule has 2 saturated heterocycles. The molecule has 0 aliphatic carbocycles. The lowest BCUT2D eigenvalue weighted by Gasteiger charge is -2.50. The molecule has 0 aromatic heterocycles. The van der Waals surface area contributed by atoms with Crippen molar-refractivity contribution in [2.45, 2.75) is 52.0 Å². The van der Waals surface area contributed by atoms with Crippen molar-refractivity contribution in [2.24, 2.45) is 17.1 Å². The number of nitrogens with two attached hydrogens (primary N) is 1. The Morgan fingerprint density at radius 1 is 1.22 bits per heavy atom. The zero-order chi connectivity index (χ0) is 13.2. The Labute approximate surface area is 117 Å². The standard InChI is InChI=1S/C15H30N2S/c1-13-5-4-7-17(8-6-13)15(10-16)9-14(2,3)11-18-12-15/h13H,4-12,16H2,1-3H3. The molecule has 3 heteroatoms. The number of hydrogen-bond donors (Lipinski definition) is 1. The highest BCUT2D eigenvalue weighted by Crippen LogP contribution is 2.42. The van der Waals surface area contributed by atoms with Gasteiger partial charge in [0.15, 0.2) is 0 Å². The van der Waals surface area contributed by atoms with E-state index in [-0.39, 0.29) is 5.54 Å². The van der Waals surface area contributed by atoms with E-state index in [2.05, 4.69) is 37.4 Å². The SMILES string of the molecule is CC1CCCN(C2(CN)CSCC(C)(C)C2)CC1. The maximum Gasteiger partial charge on any atom is 0.0427 e. The van der Waals surface area contributed by atoms with Crippen LogP contribution in [0.25, 0.3) is 0 Å². The maximum absolute atomic E-state index is 6.22. The average Bonchev–Trinajstić information content (AvgIpc) is 2.53. The summed E-state index contributed by atoms with van der Waals surface area (Å²) in [4.78, 5) is 2.74. The Bertz CT molecular complexity index is 280. The highest BCUT2D eigenvalue weighted by atomic mass is 32.2. The first-order valence-corrected chi connectivity index (χ1v) is 8.66. The van der Waals surface area contributed by atoms with Crippen LogP contribution in [0.2, 0.25) is 0 Å². The van der Waals surface area contributed by atoms with Crippen molar-refractivity contribution in [2.75, 3.05) is 31.1 Å². The third kappa shape index (κ3) is 3.23. The molecular formula is C15H30N2S. The molecule has 0 radical (unpaired) electrons. The van der Waals surface area contributed by atoms with Crippen molar-refractivity contribution in [3.63, 3.8) is 0 Å². The Morgan fingerprint density at radius 2 is 2.00 bits per heavy atom. The van der Waals surface area contributed by atoms with Gasteiger partial charge < -0.3 is 5.73 Å². The van der Waals surface area contributed by atoms with Crippen LogP contribution in [-0.4, -0.2) is 41.6 Å². The van der Waals surface area contributed by atoms with Gasteiger partial charge in [-0.3, -0.25) is 4.90 Å². The van der Waals surface area contributed by atoms with E-state index in [1.54, 1.807) is 0 Å². The zero-order valence-corrected chi connectivity index (χ0v) is 13.2. The predicted molar refractivity (Wildman–Crippen MR) is 82.1 cm³/mol. The quantitative estimate of drug-likeness (QED) is 0.836. The van der Waals surface area contributed by atoms with Gasteiger partial charge in [0.25, 0.3) is 0 Å². The fraction of sp³-hybridized carbons (Fsp3) is 1.00. The fourth-order valence-electron chi connectivity index (χ4n) is 3.71. The lowest BCUT2D eigenvalue weighted by atomic mass is 9.78. The van der Waals surface area contributed by atoms with Crippen molar-refractivity contribution in [3.05, 3.63) is 0 Å². The van der Waals surface area contributed by atoms with Gasteiger partial charge in [-0.05, 0) is 55.9 Å². The Hall–Kier alpha value is 0.270. The van der Waals surface area contributed by atoms with E-state index in [1.165, 1.54) is 50.3 Å². The number of likely N-dealkylation sites (tertiary alicyclic amines) is 1. The Kier molecular flexibility index (Phi) is 4.66. The van der Waals surface area contributed by atoms with Gasteiger partial charge in [0.2, 0.25) is 0 Å². The summed E-state index contributed by atoms with van der Waals surface area (Å²) >= 11 is 2.11. The van der Waals surface area contributed by atoms with E-state index in [0.29, 0.717) is 5.41 Å². The molecule has 0 bridgehead atoms. The van der Waals surface area contributed by atoms with Crippen LogP contribution in [0.3, 0.4) is 0 Å². The molecule has 0 spiro atoms. The Morgan fingerprint density at radius 3 is 2.67 bits per heavy atom. The van der Waals surface area contributed by atoms with Crippen LogP contribution >= 0.6 is 11.8 Å². The first-order chi connectivity index (χ1) is 8.47. The van der Waals surface area contributed by atoms with Crippen LogP contribution in [0.5, 0.6) is 0 Å². The maximum atomic E-state index is 6.22. The van der Waals surface area contributed by atoms with Gasteiger partial charge in [-0.15, -0.1) is 0 Å². The molecule has 2 aliphatic heterocycles. The molecule has 106 valence electrons. The number of nitrogens with zero attached hydrogens (tertiary/aromatic N) is 1. The van der Waals surface area contributed by atoms with Crippen LogP contribution in [0.4, 0.5) is 0 Å². The van der Waals surface area contributed by atoms with E-state index in [9.17, 15) is 0 Å². The fourth-order valence-corrected chi connectivity index (χ4v) is 5.25. The predicted octanol–water partition coefficient (Wildman–Crippen LogP) is 2.97. The molecule has 0 amide bonds. The molecule has 2 fully saturated rings. The van der Waals surface area contributed by atoms with Gasteiger partial charge in [-0.1, -0.05) is 20.8 Å². The number of thioether (sulfide) groups is 1. The largest absolute Gasteiger partial charge is 0.329 e. The van der Waals surface area contributed by atoms with E-state index in [0.717, 1.165) is 12.5 Å². The Balaban J connectivity index is 2.10. The molecule has 2 heterocycles. The molecule has 0 aromatic carbocycles. The average molecular weight is 270 g/mol. The van der Waals surface area contributed by atoms with Crippen LogP contribution < -0.4 is 5.73 Å². The lowest BCUT2D eigenvalue weighted by Crippen LogP contribution is -2.60. The third-order valence-electron chi connectivity index (χ3n) is 4.74. The summed E-state index contributed by atoms with van der Waals surface area (Å²) in [5, 5.41) is 0. The van der Waals surface area contributed by atoms with Crippen molar-refractivity contribution in [3.8, 4) is 0 Å². The molecule has 2 unspecified atom stereocenters. The lowest BCUT2D eigenvalue weighted by molar-refractivity contribution is 0.0709. The molecule has 2 N–H and O–H groups in total. The van der Waals surface area contributed by atoms with Crippen molar-refractivity contribution in [1.29, 1.82) is 0 Å². The van der Waals surface area contributed by atoms with E-state index in [1.807, 2.05) is 0 Å². The summed E-state index contributed by atoms with van der Waals surface area (Å²) in [5.74, 6) is 3.43. The zero-order valence-electron chi connectivity index (χ0n) is 12.4. The first kappa shape index (κ1) is 14.7. The van der Waals surface area contributed by atoms with E-state index < -0.39 is 0 Å². The van der Waals surface area contributed by atoms with Gasteiger partial charge in [-0.25, -0.2) is 0 Å². The van der Waals surface area contributed by atoms with Crippen molar-refractivity contribution < 1.29 is 0 Å². The monoisotopic (exact) mass is 270 g/mol. The van der Waals surface area contributed by atoms with Gasteiger partial charge in [-0.2, -0.15) is 11.8 Å². The molecule has 2 aliphatic rings. The highest BCUT2D eigenvalue weighted by Gasteiger charge is 2.43. The molecule has 2 atom stereocenters. The summed E-state index contributed by atoms with van der Waals surface area (Å²) in [6.45, 7) is 10.6. The summed E-state index contributed by atoms with van der Waals surface area (Å²) in [6, 6.07) is 0. The van der Waals surface area contributed by atoms with E-state index in [4.69, 9.17) is 5.73 Å². The second-order valence-electron chi connectivity index (χ2n) is 7.29. The molecular weight excluding hydrogens is 240 g/mol. The van der Waals surface area contributed by atoms with Crippen molar-refractivity contribution >= 4 is 11.8 Å². The number of hydrogen-bond acceptors (Lipinski definition) is 3. The highest BCUT2D eigenvalue weighted by molar-refractivity contribution is 7.99. The van der Waals surface area contributed by atoms with Crippen LogP contribution in [0.15, 0.2) is 0 Å². The summed E-state index contributed by atoms with van der Waals surface area (Å²) < 4.78 is 0. The molecule has 0 aromatic rings. The minimum atomic E-state index is 0.274.